The van der Waals surface area contributed by atoms with E-state index in [4.69, 9.17) is 10.8 Å². The smallest absolute Gasteiger partial charge is 0.222 e. The number of rotatable bonds is 4. The normalized spacial score (nSPS) is 11.1. The maximum absolute atomic E-state index is 8.65. The molecule has 74 valence electrons. The molecule has 0 aromatic carbocycles. The molecule has 0 aliphatic heterocycles. The van der Waals surface area contributed by atoms with Crippen molar-refractivity contribution in [3.05, 3.63) is 0 Å². The molecule has 0 radical (unpaired) electrons. The topological polar surface area (TPSA) is 77.0 Å². The summed E-state index contributed by atoms with van der Waals surface area (Å²) in [6.07, 6.45) is 0. The Kier molecular flexibility index (Phi) is 3.56. The minimum Gasteiger partial charge on any atom is -0.396 e. The summed E-state index contributed by atoms with van der Waals surface area (Å²) in [6.45, 7) is 4.17. The number of anilines is 1. The standard InChI is InChI=1S/C7H14N4OS/c1-5(2)11-6(8)9-10-7(11)13-4-3-12/h5,12H,3-4H2,1-2H3,(H2,8,9). The van der Waals surface area contributed by atoms with Crippen LogP contribution in [-0.2, 0) is 0 Å². The SMILES string of the molecule is CC(C)n1c(N)nnc1SCCO. The van der Waals surface area contributed by atoms with E-state index in [1.807, 2.05) is 18.4 Å². The third kappa shape index (κ3) is 2.35. The zero-order chi connectivity index (χ0) is 9.84. The highest BCUT2D eigenvalue weighted by molar-refractivity contribution is 7.99. The van der Waals surface area contributed by atoms with Gasteiger partial charge in [-0.15, -0.1) is 10.2 Å². The van der Waals surface area contributed by atoms with Gasteiger partial charge in [0.05, 0.1) is 6.61 Å². The molecular formula is C7H14N4OS. The van der Waals surface area contributed by atoms with E-state index in [0.29, 0.717) is 11.7 Å². The summed E-state index contributed by atoms with van der Waals surface area (Å²) in [5.41, 5.74) is 5.63. The maximum Gasteiger partial charge on any atom is 0.222 e. The summed E-state index contributed by atoms with van der Waals surface area (Å²) in [7, 11) is 0. The lowest BCUT2D eigenvalue weighted by molar-refractivity contribution is 0.322. The molecule has 3 N–H and O–H groups in total. The molecule has 0 spiro atoms. The van der Waals surface area contributed by atoms with Crippen molar-refractivity contribution in [1.29, 1.82) is 0 Å². The lowest BCUT2D eigenvalue weighted by Crippen LogP contribution is -2.07. The van der Waals surface area contributed by atoms with Gasteiger partial charge < -0.3 is 10.8 Å². The Morgan fingerprint density at radius 3 is 2.77 bits per heavy atom. The van der Waals surface area contributed by atoms with Gasteiger partial charge in [0.1, 0.15) is 0 Å². The summed E-state index contributed by atoms with van der Waals surface area (Å²) in [5, 5.41) is 17.1. The molecule has 6 heteroatoms. The first-order valence-electron chi connectivity index (χ1n) is 4.11. The van der Waals surface area contributed by atoms with Gasteiger partial charge in [0.2, 0.25) is 5.95 Å². The second kappa shape index (κ2) is 4.48. The zero-order valence-corrected chi connectivity index (χ0v) is 8.58. The second-order valence-electron chi connectivity index (χ2n) is 2.88. The summed E-state index contributed by atoms with van der Waals surface area (Å²) < 4.78 is 1.85. The number of hydrogen-bond acceptors (Lipinski definition) is 5. The van der Waals surface area contributed by atoms with Crippen LogP contribution in [0.25, 0.3) is 0 Å². The van der Waals surface area contributed by atoms with Crippen molar-refractivity contribution < 1.29 is 5.11 Å². The van der Waals surface area contributed by atoms with Crippen molar-refractivity contribution in [2.24, 2.45) is 0 Å². The van der Waals surface area contributed by atoms with Crippen LogP contribution in [0.2, 0.25) is 0 Å². The molecule has 1 aromatic rings. The lowest BCUT2D eigenvalue weighted by Gasteiger charge is -2.10. The fourth-order valence-electron chi connectivity index (χ4n) is 1.01. The molecule has 1 rings (SSSR count). The van der Waals surface area contributed by atoms with Crippen LogP contribution in [0, 0.1) is 0 Å². The molecule has 13 heavy (non-hydrogen) atoms. The summed E-state index contributed by atoms with van der Waals surface area (Å²) in [4.78, 5) is 0. The van der Waals surface area contributed by atoms with E-state index >= 15 is 0 Å². The Hall–Kier alpha value is -0.750. The predicted octanol–water partition coefficient (Wildman–Crippen LogP) is 0.526. The number of aliphatic hydroxyl groups is 1. The molecule has 0 unspecified atom stereocenters. The zero-order valence-electron chi connectivity index (χ0n) is 7.77. The molecule has 0 fully saturated rings. The molecule has 0 amide bonds. The average molecular weight is 202 g/mol. The third-order valence-electron chi connectivity index (χ3n) is 1.53. The number of nitrogens with two attached hydrogens (primary N) is 1. The summed E-state index contributed by atoms with van der Waals surface area (Å²) >= 11 is 1.46. The minimum atomic E-state index is 0.134. The first-order valence-corrected chi connectivity index (χ1v) is 5.09. The number of hydrogen-bond donors (Lipinski definition) is 2. The monoisotopic (exact) mass is 202 g/mol. The van der Waals surface area contributed by atoms with Crippen molar-refractivity contribution in [2.75, 3.05) is 18.1 Å². The average Bonchev–Trinajstić information content (AvgIpc) is 2.43. The second-order valence-corrected chi connectivity index (χ2v) is 3.94. The molecule has 5 nitrogen and oxygen atoms in total. The van der Waals surface area contributed by atoms with Gasteiger partial charge in [0.25, 0.3) is 0 Å². The van der Waals surface area contributed by atoms with Crippen molar-refractivity contribution in [2.45, 2.75) is 25.0 Å². The van der Waals surface area contributed by atoms with Crippen molar-refractivity contribution in [3.63, 3.8) is 0 Å². The molecule has 0 saturated heterocycles. The van der Waals surface area contributed by atoms with Crippen LogP contribution < -0.4 is 5.73 Å². The minimum absolute atomic E-state index is 0.134. The first-order chi connectivity index (χ1) is 6.16. The number of aromatic nitrogens is 3. The molecule has 1 aromatic heterocycles. The molecule has 0 aliphatic carbocycles. The van der Waals surface area contributed by atoms with Gasteiger partial charge >= 0.3 is 0 Å². The van der Waals surface area contributed by atoms with Crippen LogP contribution in [0.1, 0.15) is 19.9 Å². The maximum atomic E-state index is 8.65. The molecule has 0 atom stereocenters. The van der Waals surface area contributed by atoms with Crippen molar-refractivity contribution in [3.8, 4) is 0 Å². The molecule has 0 saturated carbocycles. The van der Waals surface area contributed by atoms with Gasteiger partial charge in [-0.3, -0.25) is 4.57 Å². The third-order valence-corrected chi connectivity index (χ3v) is 2.45. The highest BCUT2D eigenvalue weighted by Gasteiger charge is 2.11. The quantitative estimate of drug-likeness (QED) is 0.696. The Morgan fingerprint density at radius 2 is 2.23 bits per heavy atom. The Labute approximate surface area is 81.3 Å². The number of nitrogens with zero attached hydrogens (tertiary/aromatic N) is 3. The molecule has 0 bridgehead atoms. The van der Waals surface area contributed by atoms with E-state index < -0.39 is 0 Å². The number of aliphatic hydroxyl groups excluding tert-OH is 1. The van der Waals surface area contributed by atoms with Gasteiger partial charge in [0, 0.05) is 11.8 Å². The Balaban J connectivity index is 2.81. The largest absolute Gasteiger partial charge is 0.396 e. The van der Waals surface area contributed by atoms with Gasteiger partial charge in [0.15, 0.2) is 5.16 Å². The fraction of sp³-hybridized carbons (Fsp3) is 0.714. The predicted molar refractivity (Wildman–Crippen MR) is 52.6 cm³/mol. The van der Waals surface area contributed by atoms with Gasteiger partial charge in [-0.2, -0.15) is 0 Å². The van der Waals surface area contributed by atoms with E-state index in [0.717, 1.165) is 5.16 Å². The summed E-state index contributed by atoms with van der Waals surface area (Å²) in [5.74, 6) is 1.04. The lowest BCUT2D eigenvalue weighted by atomic mass is 10.4. The van der Waals surface area contributed by atoms with E-state index in [2.05, 4.69) is 10.2 Å². The van der Waals surface area contributed by atoms with Crippen LogP contribution >= 0.6 is 11.8 Å². The molecule has 0 aliphatic rings. The first kappa shape index (κ1) is 10.3. The highest BCUT2D eigenvalue weighted by Crippen LogP contribution is 2.21. The number of thioether (sulfide) groups is 1. The Bertz CT molecular complexity index is 273. The fourth-order valence-corrected chi connectivity index (χ4v) is 1.82. The van der Waals surface area contributed by atoms with Gasteiger partial charge in [-0.25, -0.2) is 0 Å². The van der Waals surface area contributed by atoms with E-state index in [1.54, 1.807) is 0 Å². The number of nitrogen functional groups attached to an aromatic ring is 1. The van der Waals surface area contributed by atoms with Crippen LogP contribution in [0.3, 0.4) is 0 Å². The van der Waals surface area contributed by atoms with Crippen LogP contribution in [0.15, 0.2) is 5.16 Å². The summed E-state index contributed by atoms with van der Waals surface area (Å²) in [6, 6.07) is 0.246. The molecule has 1 heterocycles. The van der Waals surface area contributed by atoms with Gasteiger partial charge in [-0.1, -0.05) is 11.8 Å². The van der Waals surface area contributed by atoms with E-state index in [9.17, 15) is 0 Å². The molecular weight excluding hydrogens is 188 g/mol. The van der Waals surface area contributed by atoms with Crippen LogP contribution in [0.4, 0.5) is 5.95 Å². The van der Waals surface area contributed by atoms with Crippen molar-refractivity contribution >= 4 is 17.7 Å². The van der Waals surface area contributed by atoms with Gasteiger partial charge in [-0.05, 0) is 13.8 Å². The van der Waals surface area contributed by atoms with Crippen molar-refractivity contribution in [1.82, 2.24) is 14.8 Å². The van der Waals surface area contributed by atoms with Crippen LogP contribution in [0.5, 0.6) is 0 Å². The van der Waals surface area contributed by atoms with Crippen LogP contribution in [-0.4, -0.2) is 32.2 Å². The Morgan fingerprint density at radius 1 is 1.54 bits per heavy atom. The van der Waals surface area contributed by atoms with E-state index in [-0.39, 0.29) is 12.6 Å². The van der Waals surface area contributed by atoms with E-state index in [1.165, 1.54) is 11.8 Å². The highest BCUT2D eigenvalue weighted by atomic mass is 32.2.